The first-order valence-electron chi connectivity index (χ1n) is 9.25. The van der Waals surface area contributed by atoms with Crippen LogP contribution in [-0.4, -0.2) is 45.4 Å². The monoisotopic (exact) mass is 433 g/mol. The molecule has 5 nitrogen and oxygen atoms in total. The molecule has 2 aromatic carbocycles. The van der Waals surface area contributed by atoms with E-state index in [9.17, 15) is 9.59 Å². The fourth-order valence-corrected chi connectivity index (χ4v) is 4.13. The van der Waals surface area contributed by atoms with Crippen LogP contribution in [0.3, 0.4) is 0 Å². The molecule has 1 saturated heterocycles. The first-order chi connectivity index (χ1) is 13.9. The number of aliphatic carboxylic acids is 2. The lowest BCUT2D eigenvalue weighted by atomic mass is 10.1. The van der Waals surface area contributed by atoms with Crippen molar-refractivity contribution in [1.82, 2.24) is 4.90 Å². The summed E-state index contributed by atoms with van der Waals surface area (Å²) in [5.41, 5.74) is 1.42. The van der Waals surface area contributed by atoms with E-state index < -0.39 is 11.9 Å². The van der Waals surface area contributed by atoms with Gasteiger partial charge in [0.25, 0.3) is 0 Å². The van der Waals surface area contributed by atoms with Gasteiger partial charge in [-0.05, 0) is 55.8 Å². The lowest BCUT2D eigenvalue weighted by Gasteiger charge is -2.31. The molecule has 0 spiro atoms. The topological polar surface area (TPSA) is 77.8 Å². The molecule has 29 heavy (non-hydrogen) atoms. The third-order valence-electron chi connectivity index (χ3n) is 4.27. The van der Waals surface area contributed by atoms with Crippen molar-refractivity contribution >= 4 is 35.3 Å². The van der Waals surface area contributed by atoms with Crippen molar-refractivity contribution < 1.29 is 19.8 Å². The number of thioether (sulfide) groups is 1. The van der Waals surface area contributed by atoms with Gasteiger partial charge < -0.3 is 10.2 Å². The molecule has 2 aromatic rings. The van der Waals surface area contributed by atoms with Crippen LogP contribution >= 0.6 is 23.4 Å². The number of hydrogen-bond donors (Lipinski definition) is 2. The molecule has 0 amide bonds. The summed E-state index contributed by atoms with van der Waals surface area (Å²) in [7, 11) is 0. The summed E-state index contributed by atoms with van der Waals surface area (Å²) >= 11 is 7.93. The van der Waals surface area contributed by atoms with Crippen LogP contribution in [-0.2, 0) is 16.1 Å². The van der Waals surface area contributed by atoms with Crippen molar-refractivity contribution in [3.05, 3.63) is 77.3 Å². The molecule has 0 atom stereocenters. The number of carboxylic acids is 2. The molecule has 0 bridgehead atoms. The van der Waals surface area contributed by atoms with Crippen LogP contribution in [0.15, 0.2) is 71.6 Å². The smallest absolute Gasteiger partial charge is 0.328 e. The maximum Gasteiger partial charge on any atom is 0.328 e. The Kier molecular flexibility index (Phi) is 9.77. The van der Waals surface area contributed by atoms with Crippen LogP contribution in [0.2, 0.25) is 5.02 Å². The standard InChI is InChI=1S/C18H20ClNS.C4H4O4/c19-16-6-8-17(9-7-16)21-18-10-12-20(13-11-18)14-15-4-2-1-3-5-15;5-3(6)1-2-4(7)8/h1-9,18H,10-14H2;1-2H,(H,5,6)(H,7,8). The number of hydrogen-bond acceptors (Lipinski definition) is 4. The Morgan fingerprint density at radius 3 is 2.03 bits per heavy atom. The molecular formula is C22H24ClNO4S. The number of carbonyl (C=O) groups is 2. The van der Waals surface area contributed by atoms with Gasteiger partial charge in [0.15, 0.2) is 0 Å². The van der Waals surface area contributed by atoms with E-state index in [4.69, 9.17) is 21.8 Å². The van der Waals surface area contributed by atoms with Crippen molar-refractivity contribution in [1.29, 1.82) is 0 Å². The molecule has 0 saturated carbocycles. The molecule has 1 aliphatic heterocycles. The molecule has 0 aromatic heterocycles. The van der Waals surface area contributed by atoms with Gasteiger partial charge in [0, 0.05) is 33.9 Å². The van der Waals surface area contributed by atoms with Gasteiger partial charge in [-0.25, -0.2) is 9.59 Å². The molecule has 154 valence electrons. The molecule has 1 aliphatic rings. The number of rotatable bonds is 6. The zero-order chi connectivity index (χ0) is 21.1. The van der Waals surface area contributed by atoms with E-state index in [1.807, 2.05) is 23.9 Å². The van der Waals surface area contributed by atoms with Crippen LogP contribution in [0.25, 0.3) is 0 Å². The van der Waals surface area contributed by atoms with Gasteiger partial charge in [0.05, 0.1) is 0 Å². The van der Waals surface area contributed by atoms with Gasteiger partial charge in [0.2, 0.25) is 0 Å². The molecule has 0 radical (unpaired) electrons. The van der Waals surface area contributed by atoms with E-state index in [2.05, 4.69) is 47.4 Å². The van der Waals surface area contributed by atoms with E-state index in [1.165, 1.54) is 36.4 Å². The highest BCUT2D eigenvalue weighted by Crippen LogP contribution is 2.31. The van der Waals surface area contributed by atoms with E-state index >= 15 is 0 Å². The van der Waals surface area contributed by atoms with Gasteiger partial charge >= 0.3 is 11.9 Å². The third-order valence-corrected chi connectivity index (χ3v) is 5.87. The van der Waals surface area contributed by atoms with Gasteiger partial charge in [-0.2, -0.15) is 0 Å². The lowest BCUT2D eigenvalue weighted by molar-refractivity contribution is -0.134. The number of nitrogens with zero attached hydrogens (tertiary/aromatic N) is 1. The Labute approximate surface area is 180 Å². The number of benzene rings is 2. The second kappa shape index (κ2) is 12.3. The third kappa shape index (κ3) is 9.65. The Morgan fingerprint density at radius 1 is 0.966 bits per heavy atom. The minimum absolute atomic E-state index is 0.558. The van der Waals surface area contributed by atoms with Crippen LogP contribution in [0.1, 0.15) is 18.4 Å². The van der Waals surface area contributed by atoms with Gasteiger partial charge in [-0.1, -0.05) is 41.9 Å². The molecule has 1 fully saturated rings. The fraction of sp³-hybridized carbons (Fsp3) is 0.273. The van der Waals surface area contributed by atoms with Crippen LogP contribution in [0.4, 0.5) is 0 Å². The van der Waals surface area contributed by atoms with Crippen molar-refractivity contribution in [3.63, 3.8) is 0 Å². The Balaban J connectivity index is 0.000000321. The van der Waals surface area contributed by atoms with E-state index in [0.717, 1.165) is 16.8 Å². The van der Waals surface area contributed by atoms with Crippen molar-refractivity contribution in [2.75, 3.05) is 13.1 Å². The van der Waals surface area contributed by atoms with E-state index in [1.54, 1.807) is 0 Å². The molecular weight excluding hydrogens is 410 g/mol. The molecule has 2 N–H and O–H groups in total. The second-order valence-corrected chi connectivity index (χ2v) is 8.35. The summed E-state index contributed by atoms with van der Waals surface area (Å²) < 4.78 is 0. The van der Waals surface area contributed by atoms with E-state index in [-0.39, 0.29) is 0 Å². The predicted molar refractivity (Wildman–Crippen MR) is 116 cm³/mol. The average molecular weight is 434 g/mol. The lowest BCUT2D eigenvalue weighted by Crippen LogP contribution is -2.34. The minimum atomic E-state index is -1.26. The molecule has 7 heteroatoms. The second-order valence-electron chi connectivity index (χ2n) is 6.54. The first-order valence-corrected chi connectivity index (χ1v) is 10.5. The zero-order valence-electron chi connectivity index (χ0n) is 15.9. The predicted octanol–water partition coefficient (Wildman–Crippen LogP) is 4.81. The maximum atomic E-state index is 9.55. The van der Waals surface area contributed by atoms with Crippen molar-refractivity contribution in [2.24, 2.45) is 0 Å². The fourth-order valence-electron chi connectivity index (χ4n) is 2.88. The summed E-state index contributed by atoms with van der Waals surface area (Å²) in [6.45, 7) is 3.47. The summed E-state index contributed by atoms with van der Waals surface area (Å²) in [6.07, 6.45) is 3.64. The van der Waals surface area contributed by atoms with Crippen molar-refractivity contribution in [2.45, 2.75) is 29.5 Å². The summed E-state index contributed by atoms with van der Waals surface area (Å²) in [5.74, 6) is -2.51. The number of piperidine rings is 1. The van der Waals surface area contributed by atoms with Gasteiger partial charge in [-0.15, -0.1) is 11.8 Å². The minimum Gasteiger partial charge on any atom is -0.478 e. The summed E-state index contributed by atoms with van der Waals surface area (Å²) in [6, 6.07) is 19.0. The first kappa shape index (κ1) is 23.0. The zero-order valence-corrected chi connectivity index (χ0v) is 17.5. The molecule has 3 rings (SSSR count). The molecule has 0 aliphatic carbocycles. The number of carboxylic acid groups (broad SMARTS) is 2. The molecule has 1 heterocycles. The SMILES string of the molecule is Clc1ccc(SC2CCN(Cc3ccccc3)CC2)cc1.O=C(O)C=CC(=O)O. The summed E-state index contributed by atoms with van der Waals surface area (Å²) in [5, 5.41) is 17.2. The highest BCUT2D eigenvalue weighted by atomic mass is 35.5. The van der Waals surface area contributed by atoms with Crippen LogP contribution in [0.5, 0.6) is 0 Å². The van der Waals surface area contributed by atoms with Crippen LogP contribution < -0.4 is 0 Å². The van der Waals surface area contributed by atoms with Gasteiger partial charge in [-0.3, -0.25) is 4.90 Å². The summed E-state index contributed by atoms with van der Waals surface area (Å²) in [4.78, 5) is 23.0. The Bertz CT molecular complexity index is 787. The van der Waals surface area contributed by atoms with E-state index in [0.29, 0.717) is 12.2 Å². The average Bonchev–Trinajstić information content (AvgIpc) is 2.71. The highest BCUT2D eigenvalue weighted by molar-refractivity contribution is 8.00. The quantitative estimate of drug-likeness (QED) is 0.636. The number of likely N-dealkylation sites (tertiary alicyclic amines) is 1. The number of halogens is 1. The Hall–Kier alpha value is -2.28. The molecule has 0 unspecified atom stereocenters. The maximum absolute atomic E-state index is 9.55. The Morgan fingerprint density at radius 2 is 1.52 bits per heavy atom. The largest absolute Gasteiger partial charge is 0.478 e. The highest BCUT2D eigenvalue weighted by Gasteiger charge is 2.20. The van der Waals surface area contributed by atoms with Crippen LogP contribution in [0, 0.1) is 0 Å². The van der Waals surface area contributed by atoms with Gasteiger partial charge in [0.1, 0.15) is 0 Å². The van der Waals surface area contributed by atoms with Crippen molar-refractivity contribution in [3.8, 4) is 0 Å². The normalized spacial score (nSPS) is 14.9.